The summed E-state index contributed by atoms with van der Waals surface area (Å²) in [6.45, 7) is 3.13. The molecule has 0 aliphatic carbocycles. The topological polar surface area (TPSA) is 21.3 Å². The van der Waals surface area contributed by atoms with Crippen LogP contribution in [-0.4, -0.2) is 20.7 Å². The van der Waals surface area contributed by atoms with Crippen LogP contribution in [0.15, 0.2) is 22.7 Å². The molecule has 0 aliphatic rings. The Balaban J connectivity index is 2.97. The molecule has 0 fully saturated rings. The zero-order valence-electron chi connectivity index (χ0n) is 8.80. The lowest BCUT2D eigenvalue weighted by Crippen LogP contribution is -2.15. The standard InChI is InChI=1S/C11H16BrNO/c1-8(7-13-2)10-6-9(12)4-5-11(10)14-3/h4-6,8,13H,7H2,1-3H3/t8-/m1/s1. The van der Waals surface area contributed by atoms with Crippen molar-refractivity contribution in [3.05, 3.63) is 28.2 Å². The van der Waals surface area contributed by atoms with Gasteiger partial charge in [0.2, 0.25) is 0 Å². The number of benzene rings is 1. The van der Waals surface area contributed by atoms with E-state index in [0.29, 0.717) is 5.92 Å². The van der Waals surface area contributed by atoms with Gasteiger partial charge in [0.15, 0.2) is 0 Å². The predicted octanol–water partition coefficient (Wildman–Crippen LogP) is 2.78. The van der Waals surface area contributed by atoms with Crippen LogP contribution in [0.25, 0.3) is 0 Å². The Kier molecular flexibility index (Phi) is 4.42. The molecule has 1 N–H and O–H groups in total. The number of hydrogen-bond acceptors (Lipinski definition) is 2. The number of ether oxygens (including phenoxy) is 1. The maximum atomic E-state index is 5.32. The molecule has 1 atom stereocenters. The molecule has 0 bridgehead atoms. The van der Waals surface area contributed by atoms with Crippen molar-refractivity contribution in [2.75, 3.05) is 20.7 Å². The highest BCUT2D eigenvalue weighted by atomic mass is 79.9. The average molecular weight is 258 g/mol. The Labute approximate surface area is 93.8 Å². The molecule has 0 radical (unpaired) electrons. The summed E-state index contributed by atoms with van der Waals surface area (Å²) in [5, 5.41) is 3.17. The number of nitrogens with one attached hydrogen (secondary N) is 1. The highest BCUT2D eigenvalue weighted by Crippen LogP contribution is 2.29. The van der Waals surface area contributed by atoms with Gasteiger partial charge in [-0.15, -0.1) is 0 Å². The first kappa shape index (κ1) is 11.5. The first-order valence-corrected chi connectivity index (χ1v) is 5.46. The van der Waals surface area contributed by atoms with Crippen LogP contribution in [0.1, 0.15) is 18.4 Å². The Morgan fingerprint density at radius 2 is 2.21 bits per heavy atom. The molecule has 1 aromatic carbocycles. The maximum absolute atomic E-state index is 5.32. The summed E-state index contributed by atoms with van der Waals surface area (Å²) in [6.07, 6.45) is 0. The van der Waals surface area contributed by atoms with Crippen LogP contribution in [0.2, 0.25) is 0 Å². The second kappa shape index (κ2) is 5.37. The van der Waals surface area contributed by atoms with E-state index in [0.717, 1.165) is 16.8 Å². The normalized spacial score (nSPS) is 12.6. The van der Waals surface area contributed by atoms with Crippen molar-refractivity contribution >= 4 is 15.9 Å². The zero-order chi connectivity index (χ0) is 10.6. The van der Waals surface area contributed by atoms with Crippen LogP contribution in [0, 0.1) is 0 Å². The third-order valence-corrected chi connectivity index (χ3v) is 2.73. The first-order valence-electron chi connectivity index (χ1n) is 4.67. The van der Waals surface area contributed by atoms with E-state index >= 15 is 0 Å². The van der Waals surface area contributed by atoms with E-state index in [1.54, 1.807) is 7.11 Å². The lowest BCUT2D eigenvalue weighted by atomic mass is 10.0. The van der Waals surface area contributed by atoms with Crippen LogP contribution in [0.3, 0.4) is 0 Å². The van der Waals surface area contributed by atoms with Gasteiger partial charge in [-0.2, -0.15) is 0 Å². The summed E-state index contributed by atoms with van der Waals surface area (Å²) in [7, 11) is 3.67. The van der Waals surface area contributed by atoms with E-state index in [1.165, 1.54) is 5.56 Å². The molecule has 0 spiro atoms. The van der Waals surface area contributed by atoms with Gasteiger partial charge in [0, 0.05) is 11.0 Å². The molecule has 0 unspecified atom stereocenters. The molecule has 2 nitrogen and oxygen atoms in total. The zero-order valence-corrected chi connectivity index (χ0v) is 10.4. The molecule has 0 aromatic heterocycles. The molecule has 0 saturated heterocycles. The Morgan fingerprint density at radius 3 is 2.79 bits per heavy atom. The number of methoxy groups -OCH3 is 1. The van der Waals surface area contributed by atoms with Gasteiger partial charge in [0.1, 0.15) is 5.75 Å². The summed E-state index contributed by atoms with van der Waals surface area (Å²) in [5.41, 5.74) is 1.23. The van der Waals surface area contributed by atoms with Crippen LogP contribution in [0.5, 0.6) is 5.75 Å². The minimum absolute atomic E-state index is 0.451. The van der Waals surface area contributed by atoms with Crippen molar-refractivity contribution in [3.63, 3.8) is 0 Å². The van der Waals surface area contributed by atoms with Gasteiger partial charge in [0.25, 0.3) is 0 Å². The highest BCUT2D eigenvalue weighted by Gasteiger charge is 2.10. The van der Waals surface area contributed by atoms with Gasteiger partial charge in [-0.1, -0.05) is 22.9 Å². The van der Waals surface area contributed by atoms with Crippen molar-refractivity contribution < 1.29 is 4.74 Å². The van der Waals surface area contributed by atoms with Gasteiger partial charge in [-0.25, -0.2) is 0 Å². The fourth-order valence-electron chi connectivity index (χ4n) is 1.51. The molecule has 14 heavy (non-hydrogen) atoms. The van der Waals surface area contributed by atoms with E-state index in [1.807, 2.05) is 19.2 Å². The van der Waals surface area contributed by atoms with Crippen molar-refractivity contribution in [2.45, 2.75) is 12.8 Å². The summed E-state index contributed by atoms with van der Waals surface area (Å²) >= 11 is 3.47. The average Bonchev–Trinajstić information content (AvgIpc) is 2.18. The van der Waals surface area contributed by atoms with Crippen molar-refractivity contribution in [3.8, 4) is 5.75 Å². The van der Waals surface area contributed by atoms with Gasteiger partial charge in [0.05, 0.1) is 7.11 Å². The molecule has 0 saturated carbocycles. The van der Waals surface area contributed by atoms with Gasteiger partial charge < -0.3 is 10.1 Å². The molecule has 3 heteroatoms. The minimum atomic E-state index is 0.451. The predicted molar refractivity (Wildman–Crippen MR) is 63.0 cm³/mol. The summed E-state index contributed by atoms with van der Waals surface area (Å²) in [5.74, 6) is 1.41. The Bertz CT molecular complexity index is 301. The van der Waals surface area contributed by atoms with Crippen molar-refractivity contribution in [1.82, 2.24) is 5.32 Å². The largest absolute Gasteiger partial charge is 0.496 e. The van der Waals surface area contributed by atoms with Crippen LogP contribution in [-0.2, 0) is 0 Å². The number of hydrogen-bond donors (Lipinski definition) is 1. The van der Waals surface area contributed by atoms with Crippen LogP contribution < -0.4 is 10.1 Å². The number of rotatable bonds is 4. The van der Waals surface area contributed by atoms with Crippen molar-refractivity contribution in [1.29, 1.82) is 0 Å². The second-order valence-corrected chi connectivity index (χ2v) is 4.26. The fraction of sp³-hybridized carbons (Fsp3) is 0.455. The molecule has 0 heterocycles. The first-order chi connectivity index (χ1) is 6.69. The maximum Gasteiger partial charge on any atom is 0.122 e. The summed E-state index contributed by atoms with van der Waals surface area (Å²) < 4.78 is 6.41. The molecule has 0 aliphatic heterocycles. The number of likely N-dealkylation sites (N-methyl/N-ethyl adjacent to an activating group) is 1. The van der Waals surface area contributed by atoms with Crippen LogP contribution in [0.4, 0.5) is 0 Å². The summed E-state index contributed by atoms with van der Waals surface area (Å²) in [6, 6.07) is 6.10. The van der Waals surface area contributed by atoms with E-state index in [9.17, 15) is 0 Å². The SMILES string of the molecule is CNC[C@@H](C)c1cc(Br)ccc1OC. The van der Waals surface area contributed by atoms with Gasteiger partial charge in [-0.3, -0.25) is 0 Å². The Hall–Kier alpha value is -0.540. The lowest BCUT2D eigenvalue weighted by molar-refractivity contribution is 0.405. The van der Waals surface area contributed by atoms with Crippen molar-refractivity contribution in [2.24, 2.45) is 0 Å². The molecule has 78 valence electrons. The van der Waals surface area contributed by atoms with E-state index in [-0.39, 0.29) is 0 Å². The van der Waals surface area contributed by atoms with Crippen LogP contribution >= 0.6 is 15.9 Å². The van der Waals surface area contributed by atoms with Gasteiger partial charge >= 0.3 is 0 Å². The molecule has 1 aromatic rings. The molecular formula is C11H16BrNO. The molecular weight excluding hydrogens is 242 g/mol. The molecule has 0 amide bonds. The van der Waals surface area contributed by atoms with Gasteiger partial charge in [-0.05, 0) is 36.7 Å². The number of halogens is 1. The highest BCUT2D eigenvalue weighted by molar-refractivity contribution is 9.10. The second-order valence-electron chi connectivity index (χ2n) is 3.34. The smallest absolute Gasteiger partial charge is 0.122 e. The Morgan fingerprint density at radius 1 is 1.50 bits per heavy atom. The minimum Gasteiger partial charge on any atom is -0.496 e. The molecule has 1 rings (SSSR count). The fourth-order valence-corrected chi connectivity index (χ4v) is 1.89. The van der Waals surface area contributed by atoms with E-state index in [2.05, 4.69) is 34.2 Å². The monoisotopic (exact) mass is 257 g/mol. The quantitative estimate of drug-likeness (QED) is 0.896. The van der Waals surface area contributed by atoms with E-state index < -0.39 is 0 Å². The third kappa shape index (κ3) is 2.72. The van der Waals surface area contributed by atoms with E-state index in [4.69, 9.17) is 4.74 Å². The summed E-state index contributed by atoms with van der Waals surface area (Å²) in [4.78, 5) is 0. The third-order valence-electron chi connectivity index (χ3n) is 2.23. The lowest BCUT2D eigenvalue weighted by Gasteiger charge is -2.15.